The first-order valence-corrected chi connectivity index (χ1v) is 9.09. The van der Waals surface area contributed by atoms with Crippen LogP contribution in [0.2, 0.25) is 0 Å². The Balaban J connectivity index is 2.08. The molecule has 1 heterocycles. The second-order valence-corrected chi connectivity index (χ2v) is 6.67. The molecule has 1 aromatic rings. The van der Waals surface area contributed by atoms with Gasteiger partial charge in [0.05, 0.1) is 7.11 Å². The molecule has 2 nitrogen and oxygen atoms in total. The number of rotatable bonds is 9. The minimum atomic E-state index is 0.0753. The van der Waals surface area contributed by atoms with Gasteiger partial charge >= 0.3 is 0 Å². The molecule has 2 rings (SSSR count). The molecule has 0 fully saturated rings. The number of aryl methyl sites for hydroxylation is 1. The van der Waals surface area contributed by atoms with E-state index in [0.717, 1.165) is 24.3 Å². The average Bonchev–Trinajstić information content (AvgIpc) is 2.55. The van der Waals surface area contributed by atoms with Crippen molar-refractivity contribution in [2.24, 2.45) is 0 Å². The average molecular weight is 304 g/mol. The summed E-state index contributed by atoms with van der Waals surface area (Å²) in [6, 6.07) is 6.26. The first-order chi connectivity index (χ1) is 10.7. The van der Waals surface area contributed by atoms with Crippen LogP contribution in [0.3, 0.4) is 0 Å². The molecule has 2 heteroatoms. The molecule has 1 aromatic carbocycles. The van der Waals surface area contributed by atoms with Crippen molar-refractivity contribution in [1.29, 1.82) is 0 Å². The Morgan fingerprint density at radius 2 is 1.73 bits per heavy atom. The van der Waals surface area contributed by atoms with E-state index in [9.17, 15) is 0 Å². The molecule has 0 saturated heterocycles. The fraction of sp³-hybridized carbons (Fsp3) is 0.700. The van der Waals surface area contributed by atoms with Gasteiger partial charge in [0, 0.05) is 0 Å². The van der Waals surface area contributed by atoms with Crippen LogP contribution in [0.1, 0.15) is 77.2 Å². The predicted octanol–water partition coefficient (Wildman–Crippen LogP) is 5.92. The maximum Gasteiger partial charge on any atom is 0.123 e. The van der Waals surface area contributed by atoms with Crippen molar-refractivity contribution in [3.8, 4) is 11.5 Å². The van der Waals surface area contributed by atoms with E-state index in [4.69, 9.17) is 9.47 Å². The van der Waals surface area contributed by atoms with Crippen LogP contribution in [0.25, 0.3) is 0 Å². The smallest absolute Gasteiger partial charge is 0.123 e. The summed E-state index contributed by atoms with van der Waals surface area (Å²) in [6.07, 6.45) is 12.4. The van der Waals surface area contributed by atoms with Gasteiger partial charge in [0.2, 0.25) is 0 Å². The standard InChI is InChI=1S/C20H32O2/c1-4-6-8-13-20(14-9-7-5-2)15-12-17-16-18(21-3)10-11-19(17)22-20/h10-11,16H,4-9,12-15H2,1-3H3. The number of hydrogen-bond acceptors (Lipinski definition) is 2. The fourth-order valence-electron chi connectivity index (χ4n) is 3.50. The van der Waals surface area contributed by atoms with Gasteiger partial charge < -0.3 is 9.47 Å². The van der Waals surface area contributed by atoms with E-state index in [-0.39, 0.29) is 5.60 Å². The molecule has 1 aliphatic rings. The third-order valence-corrected chi connectivity index (χ3v) is 4.92. The Labute approximate surface area is 136 Å². The lowest BCUT2D eigenvalue weighted by atomic mass is 9.82. The highest BCUT2D eigenvalue weighted by Gasteiger charge is 2.35. The van der Waals surface area contributed by atoms with Crippen molar-refractivity contribution < 1.29 is 9.47 Å². The van der Waals surface area contributed by atoms with Gasteiger partial charge in [-0.15, -0.1) is 0 Å². The quantitative estimate of drug-likeness (QED) is 0.527. The van der Waals surface area contributed by atoms with E-state index in [1.807, 2.05) is 6.07 Å². The summed E-state index contributed by atoms with van der Waals surface area (Å²) in [7, 11) is 1.73. The maximum absolute atomic E-state index is 6.56. The molecule has 0 bridgehead atoms. The summed E-state index contributed by atoms with van der Waals surface area (Å²) in [5.74, 6) is 2.02. The number of fused-ring (bicyclic) bond motifs is 1. The van der Waals surface area contributed by atoms with E-state index in [2.05, 4.69) is 26.0 Å². The van der Waals surface area contributed by atoms with Crippen molar-refractivity contribution in [2.45, 2.75) is 83.7 Å². The minimum Gasteiger partial charge on any atom is -0.497 e. The topological polar surface area (TPSA) is 18.5 Å². The minimum absolute atomic E-state index is 0.0753. The van der Waals surface area contributed by atoms with Gasteiger partial charge in [-0.05, 0) is 62.3 Å². The molecule has 22 heavy (non-hydrogen) atoms. The van der Waals surface area contributed by atoms with Crippen LogP contribution < -0.4 is 9.47 Å². The van der Waals surface area contributed by atoms with Crippen LogP contribution in [0, 0.1) is 0 Å². The van der Waals surface area contributed by atoms with E-state index in [1.54, 1.807) is 7.11 Å². The van der Waals surface area contributed by atoms with Crippen LogP contribution >= 0.6 is 0 Å². The highest BCUT2D eigenvalue weighted by molar-refractivity contribution is 5.42. The van der Waals surface area contributed by atoms with E-state index in [0.29, 0.717) is 0 Å². The lowest BCUT2D eigenvalue weighted by Crippen LogP contribution is -2.39. The molecule has 124 valence electrons. The van der Waals surface area contributed by atoms with Crippen LogP contribution in [-0.2, 0) is 6.42 Å². The first kappa shape index (κ1) is 17.2. The third-order valence-electron chi connectivity index (χ3n) is 4.92. The van der Waals surface area contributed by atoms with Crippen molar-refractivity contribution >= 4 is 0 Å². The van der Waals surface area contributed by atoms with E-state index in [1.165, 1.54) is 56.9 Å². The van der Waals surface area contributed by atoms with Crippen molar-refractivity contribution in [3.05, 3.63) is 23.8 Å². The number of ether oxygens (including phenoxy) is 2. The highest BCUT2D eigenvalue weighted by atomic mass is 16.5. The Kier molecular flexibility index (Phi) is 6.60. The normalized spacial score (nSPS) is 16.0. The Morgan fingerprint density at radius 3 is 2.32 bits per heavy atom. The Hall–Kier alpha value is -1.18. The first-order valence-electron chi connectivity index (χ1n) is 9.09. The van der Waals surface area contributed by atoms with Gasteiger partial charge in [-0.25, -0.2) is 0 Å². The Morgan fingerprint density at radius 1 is 1.05 bits per heavy atom. The van der Waals surface area contributed by atoms with Gasteiger partial charge in [-0.2, -0.15) is 0 Å². The van der Waals surface area contributed by atoms with Crippen LogP contribution in [0.5, 0.6) is 11.5 Å². The van der Waals surface area contributed by atoms with Gasteiger partial charge in [-0.1, -0.05) is 39.5 Å². The third kappa shape index (κ3) is 4.41. The van der Waals surface area contributed by atoms with Gasteiger partial charge in [0.25, 0.3) is 0 Å². The molecule has 0 radical (unpaired) electrons. The molecule has 0 spiro atoms. The maximum atomic E-state index is 6.56. The lowest BCUT2D eigenvalue weighted by molar-refractivity contribution is 0.0241. The molecule has 0 atom stereocenters. The summed E-state index contributed by atoms with van der Waals surface area (Å²) in [4.78, 5) is 0. The molecule has 0 aliphatic carbocycles. The highest BCUT2D eigenvalue weighted by Crippen LogP contribution is 2.40. The number of hydrogen-bond donors (Lipinski definition) is 0. The van der Waals surface area contributed by atoms with Gasteiger partial charge in [0.1, 0.15) is 17.1 Å². The Bertz CT molecular complexity index is 443. The van der Waals surface area contributed by atoms with Crippen molar-refractivity contribution in [1.82, 2.24) is 0 Å². The molecule has 0 aromatic heterocycles. The number of benzene rings is 1. The monoisotopic (exact) mass is 304 g/mol. The second-order valence-electron chi connectivity index (χ2n) is 6.67. The van der Waals surface area contributed by atoms with Crippen molar-refractivity contribution in [3.63, 3.8) is 0 Å². The SMILES string of the molecule is CCCCCC1(CCCCC)CCc2cc(OC)ccc2O1. The fourth-order valence-corrected chi connectivity index (χ4v) is 3.50. The zero-order valence-corrected chi connectivity index (χ0v) is 14.6. The van der Waals surface area contributed by atoms with E-state index >= 15 is 0 Å². The molecule has 0 amide bonds. The number of unbranched alkanes of at least 4 members (excludes halogenated alkanes) is 4. The summed E-state index contributed by atoms with van der Waals surface area (Å²) >= 11 is 0. The largest absolute Gasteiger partial charge is 0.497 e. The van der Waals surface area contributed by atoms with Crippen LogP contribution in [-0.4, -0.2) is 12.7 Å². The van der Waals surface area contributed by atoms with Gasteiger partial charge in [0.15, 0.2) is 0 Å². The predicted molar refractivity (Wildman–Crippen MR) is 93.0 cm³/mol. The molecule has 0 saturated carbocycles. The molecular formula is C20H32O2. The van der Waals surface area contributed by atoms with E-state index < -0.39 is 0 Å². The molecule has 1 aliphatic heterocycles. The summed E-state index contributed by atoms with van der Waals surface area (Å²) < 4.78 is 11.9. The van der Waals surface area contributed by atoms with Crippen LogP contribution in [0.15, 0.2) is 18.2 Å². The van der Waals surface area contributed by atoms with Crippen molar-refractivity contribution in [2.75, 3.05) is 7.11 Å². The zero-order valence-electron chi connectivity index (χ0n) is 14.6. The molecule has 0 N–H and O–H groups in total. The second kappa shape index (κ2) is 8.45. The van der Waals surface area contributed by atoms with Gasteiger partial charge in [-0.3, -0.25) is 0 Å². The lowest BCUT2D eigenvalue weighted by Gasteiger charge is -2.39. The molecular weight excluding hydrogens is 272 g/mol. The summed E-state index contributed by atoms with van der Waals surface area (Å²) in [5.41, 5.74) is 1.38. The molecule has 0 unspecified atom stereocenters. The zero-order chi connectivity index (χ0) is 15.8. The summed E-state index contributed by atoms with van der Waals surface area (Å²) in [6.45, 7) is 4.54. The number of methoxy groups -OCH3 is 1. The van der Waals surface area contributed by atoms with Crippen LogP contribution in [0.4, 0.5) is 0 Å². The summed E-state index contributed by atoms with van der Waals surface area (Å²) in [5, 5.41) is 0.